The second kappa shape index (κ2) is 5.39. The number of nitrogens with one attached hydrogen (secondary N) is 1. The van der Waals surface area contributed by atoms with Gasteiger partial charge >= 0.3 is 0 Å². The molecule has 0 aliphatic heterocycles. The summed E-state index contributed by atoms with van der Waals surface area (Å²) in [5, 5.41) is 13.5. The lowest BCUT2D eigenvalue weighted by molar-refractivity contribution is 0.420. The molecule has 2 atom stereocenters. The molecule has 2 unspecified atom stereocenters. The van der Waals surface area contributed by atoms with Gasteiger partial charge in [0.25, 0.3) is 0 Å². The maximum absolute atomic E-state index is 9.47. The van der Waals surface area contributed by atoms with Gasteiger partial charge in [0.15, 0.2) is 4.34 Å². The minimum Gasteiger partial charge on any atom is -0.297 e. The van der Waals surface area contributed by atoms with Crippen molar-refractivity contribution in [3.63, 3.8) is 0 Å². The Labute approximate surface area is 122 Å². The zero-order valence-electron chi connectivity index (χ0n) is 11.1. The zero-order chi connectivity index (χ0) is 13.3. The van der Waals surface area contributed by atoms with E-state index in [1.54, 1.807) is 11.8 Å². The molecule has 6 heteroatoms. The quantitative estimate of drug-likeness (QED) is 0.904. The number of nitrogens with zero attached hydrogens (tertiary/aromatic N) is 3. The van der Waals surface area contributed by atoms with Crippen molar-refractivity contribution in [2.45, 2.75) is 66.6 Å². The number of thioether (sulfide) groups is 1. The van der Waals surface area contributed by atoms with Gasteiger partial charge in [-0.3, -0.25) is 5.32 Å². The summed E-state index contributed by atoms with van der Waals surface area (Å²) >= 11 is 3.30. The second-order valence-electron chi connectivity index (χ2n) is 5.43. The Morgan fingerprint density at radius 1 is 1.53 bits per heavy atom. The summed E-state index contributed by atoms with van der Waals surface area (Å²) in [6.07, 6.45) is 6.36. The van der Waals surface area contributed by atoms with Gasteiger partial charge in [0.05, 0.1) is 6.07 Å². The molecule has 102 valence electrons. The van der Waals surface area contributed by atoms with Gasteiger partial charge in [0.2, 0.25) is 0 Å². The summed E-state index contributed by atoms with van der Waals surface area (Å²) in [6.45, 7) is 2.08. The summed E-state index contributed by atoms with van der Waals surface area (Å²) in [5.41, 5.74) is -0.281. The lowest BCUT2D eigenvalue weighted by Crippen LogP contribution is -2.43. The van der Waals surface area contributed by atoms with Crippen LogP contribution in [0.3, 0.4) is 0 Å². The second-order valence-corrected chi connectivity index (χ2v) is 7.72. The van der Waals surface area contributed by atoms with Crippen molar-refractivity contribution in [2.75, 3.05) is 0 Å². The van der Waals surface area contributed by atoms with E-state index >= 15 is 0 Å². The normalized spacial score (nSPS) is 30.4. The topological polar surface area (TPSA) is 61.6 Å². The van der Waals surface area contributed by atoms with Gasteiger partial charge in [-0.1, -0.05) is 18.7 Å². The molecule has 0 spiro atoms. The zero-order valence-corrected chi connectivity index (χ0v) is 12.7. The van der Waals surface area contributed by atoms with Crippen molar-refractivity contribution in [3.8, 4) is 6.07 Å². The van der Waals surface area contributed by atoms with Crippen molar-refractivity contribution in [1.29, 1.82) is 5.26 Å². The van der Waals surface area contributed by atoms with Crippen LogP contribution in [0.5, 0.6) is 0 Å². The number of hydrogen-bond donors (Lipinski definition) is 1. The van der Waals surface area contributed by atoms with Crippen LogP contribution in [0.15, 0.2) is 4.34 Å². The molecule has 0 radical (unpaired) electrons. The van der Waals surface area contributed by atoms with Gasteiger partial charge in [-0.15, -0.1) is 0 Å². The Bertz CT molecular complexity index is 491. The summed E-state index contributed by atoms with van der Waals surface area (Å²) < 4.78 is 5.38. The van der Waals surface area contributed by atoms with E-state index in [9.17, 15) is 5.26 Å². The minimum atomic E-state index is -0.281. The summed E-state index contributed by atoms with van der Waals surface area (Å²) in [5.74, 6) is 0.938. The van der Waals surface area contributed by atoms with E-state index in [2.05, 4.69) is 27.7 Å². The molecule has 2 aliphatic rings. The van der Waals surface area contributed by atoms with Crippen LogP contribution in [-0.2, 0) is 6.42 Å². The van der Waals surface area contributed by atoms with Crippen LogP contribution < -0.4 is 5.32 Å². The maximum Gasteiger partial charge on any atom is 0.170 e. The van der Waals surface area contributed by atoms with E-state index in [1.165, 1.54) is 24.4 Å². The molecule has 19 heavy (non-hydrogen) atoms. The molecular weight excluding hydrogens is 276 g/mol. The van der Waals surface area contributed by atoms with Gasteiger partial charge in [-0.05, 0) is 43.6 Å². The first-order valence-corrected chi connectivity index (χ1v) is 8.56. The molecular formula is C13H18N4S2. The van der Waals surface area contributed by atoms with E-state index in [1.807, 2.05) is 0 Å². The highest BCUT2D eigenvalue weighted by Crippen LogP contribution is 2.41. The highest BCUT2D eigenvalue weighted by atomic mass is 32.2. The Kier molecular flexibility index (Phi) is 3.79. The largest absolute Gasteiger partial charge is 0.297 e. The average molecular weight is 294 g/mol. The predicted molar refractivity (Wildman–Crippen MR) is 77.3 cm³/mol. The average Bonchev–Trinajstić information content (AvgIpc) is 2.97. The fraction of sp³-hybridized carbons (Fsp3) is 0.769. The molecule has 1 heterocycles. The SMILES string of the molecule is CCc1nsc(SC2CCC(C#N)(NC3CC3)C2)n1. The van der Waals surface area contributed by atoms with Gasteiger partial charge < -0.3 is 0 Å². The van der Waals surface area contributed by atoms with Crippen molar-refractivity contribution >= 4 is 23.3 Å². The highest BCUT2D eigenvalue weighted by molar-refractivity contribution is 8.01. The Morgan fingerprint density at radius 2 is 2.37 bits per heavy atom. The molecule has 1 aromatic rings. The summed E-state index contributed by atoms with van der Waals surface area (Å²) in [6, 6.07) is 3.12. The molecule has 0 saturated heterocycles. The van der Waals surface area contributed by atoms with Gasteiger partial charge in [-0.2, -0.15) is 9.64 Å². The van der Waals surface area contributed by atoms with Crippen molar-refractivity contribution in [1.82, 2.24) is 14.7 Å². The lowest BCUT2D eigenvalue weighted by atomic mass is 10.00. The van der Waals surface area contributed by atoms with Crippen LogP contribution in [-0.4, -0.2) is 26.2 Å². The van der Waals surface area contributed by atoms with Crippen LogP contribution in [0.4, 0.5) is 0 Å². The molecule has 2 saturated carbocycles. The molecule has 1 aromatic heterocycles. The molecule has 0 amide bonds. The number of rotatable bonds is 5. The van der Waals surface area contributed by atoms with Crippen molar-refractivity contribution < 1.29 is 0 Å². The van der Waals surface area contributed by atoms with Crippen LogP contribution in [0.1, 0.15) is 44.9 Å². The molecule has 3 rings (SSSR count). The Morgan fingerprint density at radius 3 is 3.00 bits per heavy atom. The van der Waals surface area contributed by atoms with Crippen LogP contribution in [0.2, 0.25) is 0 Å². The molecule has 4 nitrogen and oxygen atoms in total. The summed E-state index contributed by atoms with van der Waals surface area (Å²) in [7, 11) is 0. The number of aryl methyl sites for hydroxylation is 1. The van der Waals surface area contributed by atoms with E-state index in [4.69, 9.17) is 0 Å². The molecule has 2 fully saturated rings. The monoisotopic (exact) mass is 294 g/mol. The first-order valence-electron chi connectivity index (χ1n) is 6.91. The van der Waals surface area contributed by atoms with E-state index in [0.29, 0.717) is 11.3 Å². The van der Waals surface area contributed by atoms with Crippen molar-refractivity contribution in [2.24, 2.45) is 0 Å². The molecule has 2 aliphatic carbocycles. The smallest absolute Gasteiger partial charge is 0.170 e. The first kappa shape index (κ1) is 13.3. The van der Waals surface area contributed by atoms with Crippen LogP contribution in [0, 0.1) is 11.3 Å². The molecule has 0 bridgehead atoms. The fourth-order valence-electron chi connectivity index (χ4n) is 2.56. The van der Waals surface area contributed by atoms with E-state index in [0.717, 1.165) is 35.8 Å². The molecule has 1 N–H and O–H groups in total. The fourth-order valence-corrected chi connectivity index (χ4v) is 4.79. The van der Waals surface area contributed by atoms with Crippen LogP contribution in [0.25, 0.3) is 0 Å². The third kappa shape index (κ3) is 3.10. The first-order chi connectivity index (χ1) is 9.23. The van der Waals surface area contributed by atoms with Crippen LogP contribution >= 0.6 is 23.3 Å². The van der Waals surface area contributed by atoms with E-state index in [-0.39, 0.29) is 5.54 Å². The standard InChI is InChI=1S/C13H18N4S2/c1-2-11-15-12(19-17-11)18-10-5-6-13(7-10,8-14)16-9-3-4-9/h9-10,16H,2-7H2,1H3. The number of aromatic nitrogens is 2. The number of nitriles is 1. The predicted octanol–water partition coefficient (Wildman–Crippen LogP) is 2.76. The van der Waals surface area contributed by atoms with E-state index < -0.39 is 0 Å². The minimum absolute atomic E-state index is 0.281. The third-order valence-corrected chi connectivity index (χ3v) is 5.86. The Balaban J connectivity index is 1.60. The maximum atomic E-state index is 9.47. The highest BCUT2D eigenvalue weighted by Gasteiger charge is 2.43. The van der Waals surface area contributed by atoms with Gasteiger partial charge in [0.1, 0.15) is 11.4 Å². The van der Waals surface area contributed by atoms with Gasteiger partial charge in [0, 0.05) is 17.7 Å². The summed E-state index contributed by atoms with van der Waals surface area (Å²) in [4.78, 5) is 4.51. The lowest BCUT2D eigenvalue weighted by Gasteiger charge is -2.22. The number of hydrogen-bond acceptors (Lipinski definition) is 6. The third-order valence-electron chi connectivity index (χ3n) is 3.77. The van der Waals surface area contributed by atoms with Crippen molar-refractivity contribution in [3.05, 3.63) is 5.82 Å². The molecule has 0 aromatic carbocycles. The van der Waals surface area contributed by atoms with Gasteiger partial charge in [-0.25, -0.2) is 4.98 Å². The Hall–Kier alpha value is -0.640.